The van der Waals surface area contributed by atoms with Gasteiger partial charge in [-0.25, -0.2) is 8.79 Å². The number of halogens is 2. The maximum absolute atomic E-state index is 13.6. The summed E-state index contributed by atoms with van der Waals surface area (Å²) in [5.41, 5.74) is 1.22. The molecule has 0 aliphatic rings. The van der Waals surface area contributed by atoms with Crippen LogP contribution in [0.1, 0.15) is 33.3 Å². The highest BCUT2D eigenvalue weighted by Gasteiger charge is 2.14. The minimum Gasteiger partial charge on any atom is -0.228 e. The average Bonchev–Trinajstić information content (AvgIpc) is 2.20. The predicted molar refractivity (Wildman–Crippen MR) is 80.8 cm³/mol. The predicted octanol–water partition coefficient (Wildman–Crippen LogP) is 4.81. The Hall–Kier alpha value is -0.480. The second-order valence-corrected chi connectivity index (χ2v) is 7.83. The Balaban J connectivity index is 3.12. The summed E-state index contributed by atoms with van der Waals surface area (Å²) in [5, 5.41) is 0. The van der Waals surface area contributed by atoms with Crippen LogP contribution in [0.3, 0.4) is 0 Å². The number of rotatable bonds is 2. The first-order chi connectivity index (χ1) is 7.71. The summed E-state index contributed by atoms with van der Waals surface area (Å²) in [5.74, 6) is 3.78. The minimum atomic E-state index is -0.377. The van der Waals surface area contributed by atoms with Crippen molar-refractivity contribution in [1.82, 2.24) is 0 Å². The molecule has 0 bridgehead atoms. The lowest BCUT2D eigenvalue weighted by molar-refractivity contribution is 0.625. The Bertz CT molecular complexity index is 475. The van der Waals surface area contributed by atoms with Gasteiger partial charge >= 0.3 is 0 Å². The van der Waals surface area contributed by atoms with Crippen LogP contribution in [0.25, 0.3) is 0 Å². The average molecular weight is 318 g/mol. The topological polar surface area (TPSA) is 12.4 Å². The van der Waals surface area contributed by atoms with Gasteiger partial charge in [-0.3, -0.25) is 0 Å². The smallest absolute Gasteiger partial charge is 0.132 e. The molecule has 0 saturated carbocycles. The molecule has 4 heteroatoms. The molecule has 17 heavy (non-hydrogen) atoms. The van der Waals surface area contributed by atoms with Gasteiger partial charge in [-0.2, -0.15) is 0 Å². The first kappa shape index (κ1) is 14.6. The van der Waals surface area contributed by atoms with Crippen LogP contribution < -0.4 is 0 Å². The number of hydrogen-bond acceptors (Lipinski definition) is 1. The van der Waals surface area contributed by atoms with E-state index in [4.69, 9.17) is 0 Å². The molecule has 0 aliphatic heterocycles. The summed E-state index contributed by atoms with van der Waals surface area (Å²) in [6.07, 6.45) is 0. The van der Waals surface area contributed by atoms with E-state index in [1.54, 1.807) is 12.1 Å². The Kier molecular flexibility index (Phi) is 4.67. The van der Waals surface area contributed by atoms with Crippen molar-refractivity contribution < 1.29 is 4.39 Å². The normalized spacial score (nSPS) is 14.8. The van der Waals surface area contributed by atoms with Crippen LogP contribution in [0.4, 0.5) is 4.39 Å². The quantitative estimate of drug-likeness (QED) is 0.548. The molecule has 0 spiro atoms. The molecule has 1 unspecified atom stereocenters. The lowest BCUT2D eigenvalue weighted by atomic mass is 10.1. The number of hydrogen-bond donors (Lipinski definition) is 0. The highest BCUT2D eigenvalue weighted by atomic mass is 79.9. The molecular formula is C13H17BrFNS. The maximum Gasteiger partial charge on any atom is 0.132 e. The van der Waals surface area contributed by atoms with Gasteiger partial charge in [-0.15, -0.1) is 0 Å². The van der Waals surface area contributed by atoms with Crippen molar-refractivity contribution in [1.29, 1.82) is 0 Å². The zero-order valence-corrected chi connectivity index (χ0v) is 13.0. The van der Waals surface area contributed by atoms with E-state index in [1.165, 1.54) is 6.07 Å². The van der Waals surface area contributed by atoms with Crippen molar-refractivity contribution in [3.8, 4) is 0 Å². The van der Waals surface area contributed by atoms with Gasteiger partial charge in [-0.05, 0) is 45.9 Å². The van der Waals surface area contributed by atoms with Gasteiger partial charge in [0.15, 0.2) is 0 Å². The second-order valence-electron chi connectivity index (χ2n) is 4.78. The van der Waals surface area contributed by atoms with E-state index in [9.17, 15) is 4.39 Å². The SMILES string of the molecule is C=S(N=C(C)c1cc(Br)ccc1F)C(C)(C)C. The zero-order valence-electron chi connectivity index (χ0n) is 10.6. The molecule has 1 atom stereocenters. The molecule has 1 rings (SSSR count). The molecule has 0 aliphatic carbocycles. The molecule has 0 aromatic heterocycles. The number of benzene rings is 1. The molecule has 0 amide bonds. The van der Waals surface area contributed by atoms with Crippen molar-refractivity contribution in [2.75, 3.05) is 0 Å². The summed E-state index contributed by atoms with van der Waals surface area (Å²) in [7, 11) is -0.377. The molecule has 0 saturated heterocycles. The van der Waals surface area contributed by atoms with Crippen molar-refractivity contribution in [3.05, 3.63) is 34.1 Å². The monoisotopic (exact) mass is 317 g/mol. The standard InChI is InChI=1S/C13H17BrFNS/c1-9(16-17(5)13(2,3)4)11-8-10(14)6-7-12(11)15/h6-8H,5H2,1-4H3. The fourth-order valence-corrected chi connectivity index (χ4v) is 2.19. The Morgan fingerprint density at radius 3 is 2.53 bits per heavy atom. The summed E-state index contributed by atoms with van der Waals surface area (Å²) in [6.45, 7) is 8.06. The van der Waals surface area contributed by atoms with Crippen molar-refractivity contribution in [2.24, 2.45) is 4.40 Å². The lowest BCUT2D eigenvalue weighted by Gasteiger charge is -2.20. The van der Waals surface area contributed by atoms with Gasteiger partial charge in [0.2, 0.25) is 0 Å². The van der Waals surface area contributed by atoms with Crippen molar-refractivity contribution >= 4 is 38.2 Å². The van der Waals surface area contributed by atoms with Gasteiger partial charge in [-0.1, -0.05) is 32.5 Å². The van der Waals surface area contributed by atoms with Crippen molar-refractivity contribution in [3.63, 3.8) is 0 Å². The maximum atomic E-state index is 13.6. The second kappa shape index (κ2) is 5.44. The Labute approximate surface area is 113 Å². The third kappa shape index (κ3) is 4.03. The summed E-state index contributed by atoms with van der Waals surface area (Å²) in [6, 6.07) is 4.87. The van der Waals surface area contributed by atoms with E-state index in [2.05, 4.69) is 47.0 Å². The first-order valence-electron chi connectivity index (χ1n) is 5.26. The highest BCUT2D eigenvalue weighted by Crippen LogP contribution is 2.31. The van der Waals surface area contributed by atoms with Gasteiger partial charge in [0.1, 0.15) is 5.82 Å². The summed E-state index contributed by atoms with van der Waals surface area (Å²) >= 11 is 3.34. The van der Waals surface area contributed by atoms with E-state index < -0.39 is 0 Å². The first-order valence-corrected chi connectivity index (χ1v) is 7.41. The van der Waals surface area contributed by atoms with E-state index in [1.807, 2.05) is 6.92 Å². The Morgan fingerprint density at radius 2 is 2.00 bits per heavy atom. The molecule has 1 aromatic rings. The molecule has 0 radical (unpaired) electrons. The van der Waals surface area contributed by atoms with E-state index in [0.29, 0.717) is 11.3 Å². The van der Waals surface area contributed by atoms with Crippen LogP contribution in [0, 0.1) is 5.82 Å². The molecule has 0 heterocycles. The lowest BCUT2D eigenvalue weighted by Crippen LogP contribution is -2.10. The molecule has 94 valence electrons. The van der Waals surface area contributed by atoms with Gasteiger partial charge in [0, 0.05) is 14.8 Å². The molecule has 1 aromatic carbocycles. The van der Waals surface area contributed by atoms with Crippen LogP contribution in [0.5, 0.6) is 0 Å². The van der Waals surface area contributed by atoms with E-state index >= 15 is 0 Å². The third-order valence-corrected chi connectivity index (χ3v) is 4.67. The largest absolute Gasteiger partial charge is 0.228 e. The highest BCUT2D eigenvalue weighted by molar-refractivity contribution is 9.10. The van der Waals surface area contributed by atoms with Crippen LogP contribution in [-0.4, -0.2) is 16.3 Å². The van der Waals surface area contributed by atoms with Crippen LogP contribution in [0.15, 0.2) is 27.1 Å². The Morgan fingerprint density at radius 1 is 1.41 bits per heavy atom. The molecule has 0 N–H and O–H groups in total. The van der Waals surface area contributed by atoms with E-state index in [-0.39, 0.29) is 21.2 Å². The molecular weight excluding hydrogens is 301 g/mol. The van der Waals surface area contributed by atoms with Gasteiger partial charge < -0.3 is 0 Å². The van der Waals surface area contributed by atoms with Crippen LogP contribution in [-0.2, 0) is 0 Å². The molecule has 1 nitrogen and oxygen atoms in total. The zero-order chi connectivity index (χ0) is 13.2. The summed E-state index contributed by atoms with van der Waals surface area (Å²) in [4.78, 5) is 0. The van der Waals surface area contributed by atoms with Crippen LogP contribution >= 0.6 is 26.6 Å². The summed E-state index contributed by atoms with van der Waals surface area (Å²) < 4.78 is 19.0. The van der Waals surface area contributed by atoms with Gasteiger partial charge in [0.05, 0.1) is 5.71 Å². The number of nitrogens with zero attached hydrogens (tertiary/aromatic N) is 1. The fourth-order valence-electron chi connectivity index (χ4n) is 1.13. The van der Waals surface area contributed by atoms with Gasteiger partial charge in [0.25, 0.3) is 0 Å². The van der Waals surface area contributed by atoms with Crippen molar-refractivity contribution in [2.45, 2.75) is 32.4 Å². The van der Waals surface area contributed by atoms with E-state index in [0.717, 1.165) is 4.47 Å². The van der Waals surface area contributed by atoms with Crippen LogP contribution in [0.2, 0.25) is 0 Å². The minimum absolute atomic E-state index is 0.00372. The molecule has 0 fully saturated rings. The fraction of sp³-hybridized carbons (Fsp3) is 0.385. The third-order valence-electron chi connectivity index (χ3n) is 2.27.